The zero-order valence-electron chi connectivity index (χ0n) is 12.1. The molecule has 0 aliphatic carbocycles. The van der Waals surface area contributed by atoms with Gasteiger partial charge in [0.2, 0.25) is 0 Å². The molecule has 0 aliphatic rings. The van der Waals surface area contributed by atoms with E-state index in [-0.39, 0.29) is 6.54 Å². The minimum Gasteiger partial charge on any atom is -0.481 e. The first kappa shape index (κ1) is 16.9. The SMILES string of the molecule is CNCc1ccccc1NC(=O)NCC(C)(O)CC(=O)O. The number of aliphatic carboxylic acids is 1. The molecular weight excluding hydrogens is 274 g/mol. The highest BCUT2D eigenvalue weighted by atomic mass is 16.4. The molecule has 21 heavy (non-hydrogen) atoms. The Balaban J connectivity index is 2.56. The number of rotatable bonds is 7. The van der Waals surface area contributed by atoms with Crippen LogP contribution >= 0.6 is 0 Å². The van der Waals surface area contributed by atoms with E-state index in [4.69, 9.17) is 5.11 Å². The predicted octanol–water partition coefficient (Wildman–Crippen LogP) is 0.753. The van der Waals surface area contributed by atoms with Crippen LogP contribution in [0.5, 0.6) is 0 Å². The standard InChI is InChI=1S/C14H21N3O4/c1-14(21,7-12(18)19)9-16-13(20)17-11-6-4-3-5-10(11)8-15-2/h3-6,15,21H,7-9H2,1-2H3,(H,18,19)(H2,16,17,20). The Hall–Kier alpha value is -2.12. The van der Waals surface area contributed by atoms with Crippen molar-refractivity contribution in [2.75, 3.05) is 18.9 Å². The van der Waals surface area contributed by atoms with Gasteiger partial charge in [0.25, 0.3) is 0 Å². The number of carboxylic acid groups (broad SMARTS) is 1. The molecule has 0 radical (unpaired) electrons. The molecule has 1 rings (SSSR count). The molecule has 1 unspecified atom stereocenters. The van der Waals surface area contributed by atoms with E-state index in [0.717, 1.165) is 5.56 Å². The average molecular weight is 295 g/mol. The average Bonchev–Trinajstić information content (AvgIpc) is 2.38. The molecular formula is C14H21N3O4. The maximum absolute atomic E-state index is 11.8. The molecule has 1 atom stereocenters. The molecule has 0 aliphatic heterocycles. The van der Waals surface area contributed by atoms with E-state index in [1.54, 1.807) is 19.2 Å². The number of aliphatic hydroxyl groups is 1. The second-order valence-electron chi connectivity index (χ2n) is 5.06. The summed E-state index contributed by atoms with van der Waals surface area (Å²) in [5.41, 5.74) is 0.0860. The van der Waals surface area contributed by atoms with Crippen molar-refractivity contribution in [2.45, 2.75) is 25.5 Å². The molecule has 1 aromatic carbocycles. The Kier molecular flexibility index (Phi) is 6.13. The Morgan fingerprint density at radius 3 is 2.57 bits per heavy atom. The van der Waals surface area contributed by atoms with Gasteiger partial charge in [0.05, 0.1) is 12.0 Å². The minimum absolute atomic E-state index is 0.153. The molecule has 7 heteroatoms. The Morgan fingerprint density at radius 1 is 1.29 bits per heavy atom. The van der Waals surface area contributed by atoms with Crippen molar-refractivity contribution in [3.8, 4) is 0 Å². The van der Waals surface area contributed by atoms with Crippen LogP contribution in [-0.2, 0) is 11.3 Å². The third-order valence-corrected chi connectivity index (χ3v) is 2.79. The summed E-state index contributed by atoms with van der Waals surface area (Å²) in [4.78, 5) is 22.4. The van der Waals surface area contributed by atoms with Crippen LogP contribution in [0.2, 0.25) is 0 Å². The van der Waals surface area contributed by atoms with E-state index >= 15 is 0 Å². The number of hydrogen-bond donors (Lipinski definition) is 5. The van der Waals surface area contributed by atoms with Crippen molar-refractivity contribution in [3.63, 3.8) is 0 Å². The van der Waals surface area contributed by atoms with Crippen LogP contribution in [0.25, 0.3) is 0 Å². The van der Waals surface area contributed by atoms with Crippen molar-refractivity contribution in [1.82, 2.24) is 10.6 Å². The number of para-hydroxylation sites is 1. The second kappa shape index (κ2) is 7.61. The van der Waals surface area contributed by atoms with Gasteiger partial charge in [-0.2, -0.15) is 0 Å². The molecule has 0 spiro atoms. The van der Waals surface area contributed by atoms with Crippen LogP contribution in [-0.4, -0.2) is 41.4 Å². The van der Waals surface area contributed by atoms with Crippen molar-refractivity contribution >= 4 is 17.7 Å². The Morgan fingerprint density at radius 2 is 1.95 bits per heavy atom. The quantitative estimate of drug-likeness (QED) is 0.510. The summed E-state index contributed by atoms with van der Waals surface area (Å²) in [7, 11) is 1.81. The summed E-state index contributed by atoms with van der Waals surface area (Å²) < 4.78 is 0. The number of carboxylic acids is 1. The van der Waals surface area contributed by atoms with Crippen LogP contribution in [0.15, 0.2) is 24.3 Å². The van der Waals surface area contributed by atoms with E-state index in [1.807, 2.05) is 12.1 Å². The fraction of sp³-hybridized carbons (Fsp3) is 0.429. The highest BCUT2D eigenvalue weighted by molar-refractivity contribution is 5.90. The number of nitrogens with one attached hydrogen (secondary N) is 3. The van der Waals surface area contributed by atoms with Gasteiger partial charge in [-0.3, -0.25) is 4.79 Å². The predicted molar refractivity (Wildman–Crippen MR) is 79.1 cm³/mol. The van der Waals surface area contributed by atoms with Crippen LogP contribution in [0.4, 0.5) is 10.5 Å². The van der Waals surface area contributed by atoms with Gasteiger partial charge in [-0.25, -0.2) is 4.79 Å². The summed E-state index contributed by atoms with van der Waals surface area (Å²) in [6, 6.07) is 6.82. The third-order valence-electron chi connectivity index (χ3n) is 2.79. The molecule has 5 N–H and O–H groups in total. The number of amides is 2. The first-order valence-corrected chi connectivity index (χ1v) is 6.55. The summed E-state index contributed by atoms with van der Waals surface area (Å²) in [5.74, 6) is -1.12. The fourth-order valence-corrected chi connectivity index (χ4v) is 1.81. The number of carbonyl (C=O) groups is 2. The summed E-state index contributed by atoms with van der Waals surface area (Å²) in [6.07, 6.45) is -0.441. The minimum atomic E-state index is -1.49. The highest BCUT2D eigenvalue weighted by Crippen LogP contribution is 2.14. The molecule has 0 saturated carbocycles. The highest BCUT2D eigenvalue weighted by Gasteiger charge is 2.24. The summed E-state index contributed by atoms with van der Waals surface area (Å²) >= 11 is 0. The first-order chi connectivity index (χ1) is 9.84. The number of hydrogen-bond acceptors (Lipinski definition) is 4. The third kappa shape index (κ3) is 6.24. The van der Waals surface area contributed by atoms with Crippen molar-refractivity contribution < 1.29 is 19.8 Å². The zero-order chi connectivity index (χ0) is 15.9. The van der Waals surface area contributed by atoms with Gasteiger partial charge in [-0.15, -0.1) is 0 Å². The van der Waals surface area contributed by atoms with Crippen molar-refractivity contribution in [2.24, 2.45) is 0 Å². The Bertz CT molecular complexity index is 503. The molecule has 0 saturated heterocycles. The van der Waals surface area contributed by atoms with E-state index in [2.05, 4.69) is 16.0 Å². The molecule has 1 aromatic rings. The molecule has 0 aromatic heterocycles. The van der Waals surface area contributed by atoms with E-state index < -0.39 is 24.0 Å². The lowest BCUT2D eigenvalue weighted by molar-refractivity contribution is -0.141. The maximum atomic E-state index is 11.8. The lowest BCUT2D eigenvalue weighted by atomic mass is 10.0. The monoisotopic (exact) mass is 295 g/mol. The number of benzene rings is 1. The van der Waals surface area contributed by atoms with Gasteiger partial charge in [-0.1, -0.05) is 18.2 Å². The van der Waals surface area contributed by atoms with Crippen LogP contribution < -0.4 is 16.0 Å². The molecule has 0 fully saturated rings. The molecule has 2 amide bonds. The molecule has 116 valence electrons. The van der Waals surface area contributed by atoms with Crippen LogP contribution in [0, 0.1) is 0 Å². The van der Waals surface area contributed by atoms with Crippen LogP contribution in [0.3, 0.4) is 0 Å². The number of anilines is 1. The largest absolute Gasteiger partial charge is 0.481 e. The zero-order valence-corrected chi connectivity index (χ0v) is 12.1. The van der Waals surface area contributed by atoms with Crippen molar-refractivity contribution in [3.05, 3.63) is 29.8 Å². The van der Waals surface area contributed by atoms with Crippen molar-refractivity contribution in [1.29, 1.82) is 0 Å². The normalized spacial score (nSPS) is 13.3. The fourth-order valence-electron chi connectivity index (χ4n) is 1.81. The molecule has 0 heterocycles. The second-order valence-corrected chi connectivity index (χ2v) is 5.06. The van der Waals surface area contributed by atoms with Gasteiger partial charge in [0, 0.05) is 18.8 Å². The first-order valence-electron chi connectivity index (χ1n) is 6.55. The van der Waals surface area contributed by atoms with Crippen LogP contribution in [0.1, 0.15) is 18.9 Å². The molecule has 7 nitrogen and oxygen atoms in total. The van der Waals surface area contributed by atoms with E-state index in [1.165, 1.54) is 6.92 Å². The molecule has 0 bridgehead atoms. The van der Waals surface area contributed by atoms with Gasteiger partial charge >= 0.3 is 12.0 Å². The van der Waals surface area contributed by atoms with Gasteiger partial charge < -0.3 is 26.2 Å². The smallest absolute Gasteiger partial charge is 0.319 e. The number of urea groups is 1. The summed E-state index contributed by atoms with van der Waals surface area (Å²) in [6.45, 7) is 1.81. The summed E-state index contributed by atoms with van der Waals surface area (Å²) in [5, 5.41) is 26.6. The van der Waals surface area contributed by atoms with E-state index in [0.29, 0.717) is 12.2 Å². The Labute approximate surface area is 123 Å². The lowest BCUT2D eigenvalue weighted by Crippen LogP contribution is -2.43. The lowest BCUT2D eigenvalue weighted by Gasteiger charge is -2.21. The van der Waals surface area contributed by atoms with Gasteiger partial charge in [0.1, 0.15) is 0 Å². The van der Waals surface area contributed by atoms with E-state index in [9.17, 15) is 14.7 Å². The van der Waals surface area contributed by atoms with Gasteiger partial charge in [-0.05, 0) is 25.6 Å². The van der Waals surface area contributed by atoms with Gasteiger partial charge in [0.15, 0.2) is 0 Å². The number of carbonyl (C=O) groups excluding carboxylic acids is 1. The topological polar surface area (TPSA) is 111 Å². The maximum Gasteiger partial charge on any atom is 0.319 e.